The monoisotopic (exact) mass is 320 g/mol. The molecule has 0 atom stereocenters. The van der Waals surface area contributed by atoms with Gasteiger partial charge in [-0.15, -0.1) is 0 Å². The average molecular weight is 321 g/mol. The van der Waals surface area contributed by atoms with Crippen molar-refractivity contribution in [3.05, 3.63) is 58.3 Å². The van der Waals surface area contributed by atoms with Crippen LogP contribution in [0.4, 0.5) is 5.69 Å². The molecule has 2 aromatic rings. The summed E-state index contributed by atoms with van der Waals surface area (Å²) in [5.74, 6) is -1.29. The van der Waals surface area contributed by atoms with Gasteiger partial charge in [-0.2, -0.15) is 0 Å². The maximum absolute atomic E-state index is 11.9. The van der Waals surface area contributed by atoms with Crippen molar-refractivity contribution in [2.45, 2.75) is 0 Å². The first kappa shape index (κ1) is 13.2. The maximum Gasteiger partial charge on any atom is 0.335 e. The highest BCUT2D eigenvalue weighted by molar-refractivity contribution is 9.10. The van der Waals surface area contributed by atoms with E-state index < -0.39 is 5.97 Å². The molecule has 0 aliphatic heterocycles. The molecule has 2 rings (SSSR count). The molecule has 1 aromatic carbocycles. The summed E-state index contributed by atoms with van der Waals surface area (Å²) in [5.41, 5.74) is 1.16. The van der Waals surface area contributed by atoms with E-state index >= 15 is 0 Å². The number of rotatable bonds is 3. The molecule has 0 fully saturated rings. The van der Waals surface area contributed by atoms with Crippen molar-refractivity contribution >= 4 is 33.5 Å². The number of anilines is 1. The number of carbonyl (C=O) groups excluding carboxylic acids is 1. The van der Waals surface area contributed by atoms with E-state index in [1.165, 1.54) is 30.5 Å². The van der Waals surface area contributed by atoms with Crippen LogP contribution in [0.25, 0.3) is 0 Å². The Bertz CT molecular complexity index is 626. The Labute approximate surface area is 117 Å². The summed E-state index contributed by atoms with van der Waals surface area (Å²) < 4.78 is 0.571. The normalized spacial score (nSPS) is 9.95. The lowest BCUT2D eigenvalue weighted by Gasteiger charge is -2.05. The minimum absolute atomic E-state index is 0.171. The molecular formula is C13H9BrN2O3. The van der Waals surface area contributed by atoms with Gasteiger partial charge < -0.3 is 10.4 Å². The molecule has 6 heteroatoms. The molecule has 0 unspecified atom stereocenters. The van der Waals surface area contributed by atoms with Gasteiger partial charge in [0.2, 0.25) is 0 Å². The van der Waals surface area contributed by atoms with Gasteiger partial charge in [-0.1, -0.05) is 0 Å². The highest BCUT2D eigenvalue weighted by Gasteiger charge is 2.07. The maximum atomic E-state index is 11.9. The molecule has 0 spiro atoms. The summed E-state index contributed by atoms with van der Waals surface area (Å²) in [6.07, 6.45) is 1.52. The molecule has 96 valence electrons. The zero-order valence-corrected chi connectivity index (χ0v) is 11.2. The summed E-state index contributed by atoms with van der Waals surface area (Å²) in [4.78, 5) is 26.5. The second kappa shape index (κ2) is 5.62. The quantitative estimate of drug-likeness (QED) is 0.852. The Morgan fingerprint density at radius 3 is 2.37 bits per heavy atom. The number of aromatic carboxylic acids is 1. The van der Waals surface area contributed by atoms with Crippen LogP contribution in [0.1, 0.15) is 20.7 Å². The van der Waals surface area contributed by atoms with Crippen LogP contribution in [0, 0.1) is 0 Å². The number of nitrogens with one attached hydrogen (secondary N) is 1. The van der Waals surface area contributed by atoms with E-state index in [0.29, 0.717) is 15.9 Å². The third-order valence-electron chi connectivity index (χ3n) is 2.38. The summed E-state index contributed by atoms with van der Waals surface area (Å²) in [5, 5.41) is 11.4. The molecule has 0 saturated carbocycles. The Morgan fingerprint density at radius 1 is 1.11 bits per heavy atom. The predicted octanol–water partition coefficient (Wildman–Crippen LogP) is 2.79. The predicted molar refractivity (Wildman–Crippen MR) is 73.3 cm³/mol. The number of nitrogens with zero attached hydrogens (tertiary/aromatic N) is 1. The second-order valence-electron chi connectivity index (χ2n) is 3.70. The highest BCUT2D eigenvalue weighted by Crippen LogP contribution is 2.13. The van der Waals surface area contributed by atoms with Crippen LogP contribution in [0.2, 0.25) is 0 Å². The van der Waals surface area contributed by atoms with Gasteiger partial charge in [-0.05, 0) is 52.3 Å². The number of amides is 1. The SMILES string of the molecule is O=C(O)c1ccc(NC(=O)c2ccnc(Br)c2)cc1. The molecule has 0 aliphatic carbocycles. The smallest absolute Gasteiger partial charge is 0.335 e. The van der Waals surface area contributed by atoms with Gasteiger partial charge in [0.05, 0.1) is 5.56 Å². The van der Waals surface area contributed by atoms with Crippen LogP contribution in [-0.2, 0) is 0 Å². The molecule has 0 saturated heterocycles. The first-order chi connectivity index (χ1) is 9.06. The summed E-state index contributed by atoms with van der Waals surface area (Å²) >= 11 is 3.18. The highest BCUT2D eigenvalue weighted by atomic mass is 79.9. The van der Waals surface area contributed by atoms with E-state index in [4.69, 9.17) is 5.11 Å². The van der Waals surface area contributed by atoms with E-state index in [2.05, 4.69) is 26.2 Å². The largest absolute Gasteiger partial charge is 0.478 e. The Hall–Kier alpha value is -2.21. The number of hydrogen-bond donors (Lipinski definition) is 2. The number of pyridine rings is 1. The van der Waals surface area contributed by atoms with Gasteiger partial charge in [0.15, 0.2) is 0 Å². The fraction of sp³-hybridized carbons (Fsp3) is 0. The van der Waals surface area contributed by atoms with Gasteiger partial charge in [0.1, 0.15) is 4.60 Å². The van der Waals surface area contributed by atoms with Crippen LogP contribution in [0.15, 0.2) is 47.2 Å². The van der Waals surface area contributed by atoms with E-state index in [0.717, 1.165) is 0 Å². The first-order valence-corrected chi connectivity index (χ1v) is 6.12. The van der Waals surface area contributed by atoms with Crippen molar-refractivity contribution in [1.82, 2.24) is 4.98 Å². The lowest BCUT2D eigenvalue weighted by Crippen LogP contribution is -2.12. The van der Waals surface area contributed by atoms with Crippen molar-refractivity contribution in [3.8, 4) is 0 Å². The summed E-state index contributed by atoms with van der Waals surface area (Å²) in [7, 11) is 0. The van der Waals surface area contributed by atoms with Gasteiger partial charge in [-0.25, -0.2) is 9.78 Å². The third-order valence-corrected chi connectivity index (χ3v) is 2.81. The minimum Gasteiger partial charge on any atom is -0.478 e. The molecule has 0 aliphatic rings. The summed E-state index contributed by atoms with van der Waals surface area (Å²) in [6, 6.07) is 9.13. The lowest BCUT2D eigenvalue weighted by molar-refractivity contribution is 0.0696. The van der Waals surface area contributed by atoms with Crippen LogP contribution in [0.5, 0.6) is 0 Å². The number of carboxylic acids is 1. The van der Waals surface area contributed by atoms with Gasteiger partial charge in [0, 0.05) is 17.4 Å². The van der Waals surface area contributed by atoms with Crippen LogP contribution < -0.4 is 5.32 Å². The average Bonchev–Trinajstić information content (AvgIpc) is 2.39. The topological polar surface area (TPSA) is 79.3 Å². The van der Waals surface area contributed by atoms with E-state index in [1.54, 1.807) is 12.1 Å². The molecular weight excluding hydrogens is 312 g/mol. The molecule has 5 nitrogen and oxygen atoms in total. The third kappa shape index (κ3) is 3.38. The van der Waals surface area contributed by atoms with Gasteiger partial charge in [-0.3, -0.25) is 4.79 Å². The van der Waals surface area contributed by atoms with Crippen molar-refractivity contribution in [3.63, 3.8) is 0 Å². The van der Waals surface area contributed by atoms with Crippen molar-refractivity contribution < 1.29 is 14.7 Å². The number of aromatic nitrogens is 1. The number of halogens is 1. The number of hydrogen-bond acceptors (Lipinski definition) is 3. The molecule has 1 aromatic heterocycles. The van der Waals surface area contributed by atoms with Crippen molar-refractivity contribution in [2.24, 2.45) is 0 Å². The fourth-order valence-corrected chi connectivity index (χ4v) is 1.81. The first-order valence-electron chi connectivity index (χ1n) is 5.32. The van der Waals surface area contributed by atoms with E-state index in [9.17, 15) is 9.59 Å². The molecule has 2 N–H and O–H groups in total. The zero-order chi connectivity index (χ0) is 13.8. The Kier molecular flexibility index (Phi) is 3.91. The van der Waals surface area contributed by atoms with Crippen molar-refractivity contribution in [1.29, 1.82) is 0 Å². The molecule has 1 heterocycles. The van der Waals surface area contributed by atoms with Crippen LogP contribution in [-0.4, -0.2) is 22.0 Å². The molecule has 0 bridgehead atoms. The van der Waals surface area contributed by atoms with E-state index in [1.807, 2.05) is 0 Å². The van der Waals surface area contributed by atoms with Crippen LogP contribution >= 0.6 is 15.9 Å². The number of benzene rings is 1. The van der Waals surface area contributed by atoms with Crippen molar-refractivity contribution in [2.75, 3.05) is 5.32 Å². The summed E-state index contributed by atoms with van der Waals surface area (Å²) in [6.45, 7) is 0. The molecule has 0 radical (unpaired) electrons. The number of carbonyl (C=O) groups is 2. The van der Waals surface area contributed by atoms with Gasteiger partial charge in [0.25, 0.3) is 5.91 Å². The number of carboxylic acid groups (broad SMARTS) is 1. The lowest BCUT2D eigenvalue weighted by atomic mass is 10.2. The molecule has 1 amide bonds. The second-order valence-corrected chi connectivity index (χ2v) is 4.52. The minimum atomic E-state index is -1.00. The standard InChI is InChI=1S/C13H9BrN2O3/c14-11-7-9(5-6-15-11)12(17)16-10-3-1-8(2-4-10)13(18)19/h1-7H,(H,16,17)(H,18,19). The van der Waals surface area contributed by atoms with E-state index in [-0.39, 0.29) is 11.5 Å². The fourth-order valence-electron chi connectivity index (χ4n) is 1.44. The molecule has 19 heavy (non-hydrogen) atoms. The Balaban J connectivity index is 2.13. The van der Waals surface area contributed by atoms with Gasteiger partial charge >= 0.3 is 5.97 Å². The zero-order valence-electron chi connectivity index (χ0n) is 9.63. The Morgan fingerprint density at radius 2 is 1.79 bits per heavy atom. The van der Waals surface area contributed by atoms with Crippen LogP contribution in [0.3, 0.4) is 0 Å².